The van der Waals surface area contributed by atoms with Crippen LogP contribution in [-0.2, 0) is 11.2 Å². The summed E-state index contributed by atoms with van der Waals surface area (Å²) in [6.07, 6.45) is 2.15. The zero-order chi connectivity index (χ0) is 20.5. The molecule has 1 atom stereocenters. The van der Waals surface area contributed by atoms with E-state index in [0.717, 1.165) is 42.4 Å². The Balaban J connectivity index is 1.45. The van der Waals surface area contributed by atoms with Crippen LogP contribution in [0.3, 0.4) is 0 Å². The van der Waals surface area contributed by atoms with Gasteiger partial charge in [-0.2, -0.15) is 0 Å². The number of carbonyl (C=O) groups excluding carboxylic acids is 1. The standard InChI is InChI=1S/C25H29NO3/c1-3-17-28-24-13-7-6-10-21(24)12-8-16-26-25(27)19(2)29-23-15-14-20-9-4-5-11-22(20)18-23/h4-7,9-11,13-15,18-19H,3,8,12,16-17H2,1-2H3,(H,26,27)/t19-/m0/s1. The number of para-hydroxylation sites is 1. The molecule has 4 heteroatoms. The molecule has 0 fully saturated rings. The molecule has 0 aliphatic heterocycles. The first-order chi connectivity index (χ1) is 14.2. The van der Waals surface area contributed by atoms with E-state index >= 15 is 0 Å². The molecule has 0 spiro atoms. The van der Waals surface area contributed by atoms with Crippen LogP contribution >= 0.6 is 0 Å². The average molecular weight is 392 g/mol. The van der Waals surface area contributed by atoms with Crippen molar-refractivity contribution in [2.45, 2.75) is 39.2 Å². The smallest absolute Gasteiger partial charge is 0.260 e. The minimum atomic E-state index is -0.545. The van der Waals surface area contributed by atoms with Crippen LogP contribution in [0.15, 0.2) is 66.7 Å². The minimum Gasteiger partial charge on any atom is -0.493 e. The summed E-state index contributed by atoms with van der Waals surface area (Å²) >= 11 is 0. The number of nitrogens with one attached hydrogen (secondary N) is 1. The lowest BCUT2D eigenvalue weighted by molar-refractivity contribution is -0.127. The molecule has 1 N–H and O–H groups in total. The molecule has 0 heterocycles. The number of hydrogen-bond donors (Lipinski definition) is 1. The van der Waals surface area contributed by atoms with Gasteiger partial charge in [-0.15, -0.1) is 0 Å². The fraction of sp³-hybridized carbons (Fsp3) is 0.320. The molecule has 1 amide bonds. The normalized spacial score (nSPS) is 11.8. The van der Waals surface area contributed by atoms with Crippen LogP contribution in [0.4, 0.5) is 0 Å². The third-order valence-corrected chi connectivity index (χ3v) is 4.76. The van der Waals surface area contributed by atoms with E-state index < -0.39 is 6.10 Å². The Morgan fingerprint density at radius 1 is 1.00 bits per heavy atom. The van der Waals surface area contributed by atoms with Gasteiger partial charge in [0.25, 0.3) is 5.91 Å². The lowest BCUT2D eigenvalue weighted by Gasteiger charge is -2.15. The van der Waals surface area contributed by atoms with Crippen molar-refractivity contribution in [3.63, 3.8) is 0 Å². The zero-order valence-corrected chi connectivity index (χ0v) is 17.2. The molecule has 0 radical (unpaired) electrons. The van der Waals surface area contributed by atoms with Gasteiger partial charge in [-0.1, -0.05) is 55.5 Å². The highest BCUT2D eigenvalue weighted by molar-refractivity contribution is 5.84. The predicted octanol–water partition coefficient (Wildman–Crippen LogP) is 5.14. The highest BCUT2D eigenvalue weighted by Gasteiger charge is 2.14. The highest BCUT2D eigenvalue weighted by Crippen LogP contribution is 2.22. The number of rotatable bonds is 10. The third-order valence-electron chi connectivity index (χ3n) is 4.76. The zero-order valence-electron chi connectivity index (χ0n) is 17.2. The molecule has 4 nitrogen and oxygen atoms in total. The number of carbonyl (C=O) groups is 1. The Morgan fingerprint density at radius 2 is 1.76 bits per heavy atom. The molecule has 152 valence electrons. The predicted molar refractivity (Wildman–Crippen MR) is 118 cm³/mol. The van der Waals surface area contributed by atoms with Crippen molar-refractivity contribution in [1.29, 1.82) is 0 Å². The van der Waals surface area contributed by atoms with Gasteiger partial charge in [-0.25, -0.2) is 0 Å². The first-order valence-electron chi connectivity index (χ1n) is 10.3. The van der Waals surface area contributed by atoms with Crippen LogP contribution in [0, 0.1) is 0 Å². The van der Waals surface area contributed by atoms with Crippen LogP contribution < -0.4 is 14.8 Å². The second-order valence-corrected chi connectivity index (χ2v) is 7.12. The maximum absolute atomic E-state index is 12.4. The quantitative estimate of drug-likeness (QED) is 0.487. The summed E-state index contributed by atoms with van der Waals surface area (Å²) in [6, 6.07) is 22.1. The van der Waals surface area contributed by atoms with E-state index in [1.54, 1.807) is 6.92 Å². The van der Waals surface area contributed by atoms with Gasteiger partial charge in [0.05, 0.1) is 6.61 Å². The van der Waals surface area contributed by atoms with Crippen molar-refractivity contribution in [1.82, 2.24) is 5.32 Å². The molecule has 3 aromatic carbocycles. The number of fused-ring (bicyclic) bond motifs is 1. The van der Waals surface area contributed by atoms with Gasteiger partial charge in [0, 0.05) is 6.54 Å². The van der Waals surface area contributed by atoms with Crippen LogP contribution in [0.25, 0.3) is 10.8 Å². The van der Waals surface area contributed by atoms with Gasteiger partial charge in [-0.3, -0.25) is 4.79 Å². The molecule has 3 rings (SSSR count). The van der Waals surface area contributed by atoms with Crippen LogP contribution in [0.5, 0.6) is 11.5 Å². The molecule has 0 saturated heterocycles. The monoisotopic (exact) mass is 391 g/mol. The van der Waals surface area contributed by atoms with Gasteiger partial charge >= 0.3 is 0 Å². The Bertz CT molecular complexity index is 938. The molecule has 0 saturated carbocycles. The van der Waals surface area contributed by atoms with Crippen molar-refractivity contribution < 1.29 is 14.3 Å². The summed E-state index contributed by atoms with van der Waals surface area (Å²) in [4.78, 5) is 12.4. The second-order valence-electron chi connectivity index (χ2n) is 7.12. The number of ether oxygens (including phenoxy) is 2. The second kappa shape index (κ2) is 10.5. The van der Waals surface area contributed by atoms with Gasteiger partial charge < -0.3 is 14.8 Å². The fourth-order valence-electron chi connectivity index (χ4n) is 3.20. The molecule has 3 aromatic rings. The van der Waals surface area contributed by atoms with E-state index in [1.807, 2.05) is 54.6 Å². The lowest BCUT2D eigenvalue weighted by atomic mass is 10.1. The van der Waals surface area contributed by atoms with E-state index in [2.05, 4.69) is 24.4 Å². The Hall–Kier alpha value is -3.01. The molecular weight excluding hydrogens is 362 g/mol. The third kappa shape index (κ3) is 5.98. The Labute approximate surface area is 172 Å². The van der Waals surface area contributed by atoms with E-state index in [1.165, 1.54) is 5.56 Å². The van der Waals surface area contributed by atoms with Gasteiger partial charge in [0.2, 0.25) is 0 Å². The van der Waals surface area contributed by atoms with Crippen LogP contribution in [0.2, 0.25) is 0 Å². The fourth-order valence-corrected chi connectivity index (χ4v) is 3.20. The first-order valence-corrected chi connectivity index (χ1v) is 10.3. The number of hydrogen-bond acceptors (Lipinski definition) is 3. The van der Waals surface area contributed by atoms with Crippen molar-refractivity contribution >= 4 is 16.7 Å². The summed E-state index contributed by atoms with van der Waals surface area (Å²) < 4.78 is 11.6. The van der Waals surface area contributed by atoms with E-state index in [-0.39, 0.29) is 5.91 Å². The van der Waals surface area contributed by atoms with E-state index in [9.17, 15) is 4.79 Å². The molecule has 29 heavy (non-hydrogen) atoms. The topological polar surface area (TPSA) is 47.6 Å². The molecule has 0 unspecified atom stereocenters. The van der Waals surface area contributed by atoms with Gasteiger partial charge in [-0.05, 0) is 60.7 Å². The van der Waals surface area contributed by atoms with Gasteiger partial charge in [0.15, 0.2) is 6.10 Å². The number of amides is 1. The molecule has 0 aliphatic rings. The molecular formula is C25H29NO3. The summed E-state index contributed by atoms with van der Waals surface area (Å²) in [6.45, 7) is 5.20. The minimum absolute atomic E-state index is 0.103. The van der Waals surface area contributed by atoms with Crippen LogP contribution in [0.1, 0.15) is 32.3 Å². The van der Waals surface area contributed by atoms with E-state index in [0.29, 0.717) is 12.3 Å². The summed E-state index contributed by atoms with van der Waals surface area (Å²) in [5.41, 5.74) is 1.18. The average Bonchev–Trinajstić information content (AvgIpc) is 2.75. The number of aryl methyl sites for hydroxylation is 1. The highest BCUT2D eigenvalue weighted by atomic mass is 16.5. The SMILES string of the molecule is CCCOc1ccccc1CCCNC(=O)[C@H](C)Oc1ccc2ccccc2c1. The number of benzene rings is 3. The summed E-state index contributed by atoms with van der Waals surface area (Å²) in [5, 5.41) is 5.22. The summed E-state index contributed by atoms with van der Waals surface area (Å²) in [7, 11) is 0. The van der Waals surface area contributed by atoms with E-state index in [4.69, 9.17) is 9.47 Å². The summed E-state index contributed by atoms with van der Waals surface area (Å²) in [5.74, 6) is 1.54. The van der Waals surface area contributed by atoms with Crippen molar-refractivity contribution in [2.24, 2.45) is 0 Å². The maximum atomic E-state index is 12.4. The molecule has 0 bridgehead atoms. The first kappa shape index (κ1) is 20.7. The van der Waals surface area contributed by atoms with Crippen LogP contribution in [-0.4, -0.2) is 25.2 Å². The van der Waals surface area contributed by atoms with Crippen molar-refractivity contribution in [3.05, 3.63) is 72.3 Å². The lowest BCUT2D eigenvalue weighted by Crippen LogP contribution is -2.36. The Morgan fingerprint density at radius 3 is 2.59 bits per heavy atom. The van der Waals surface area contributed by atoms with Crippen molar-refractivity contribution in [2.75, 3.05) is 13.2 Å². The largest absolute Gasteiger partial charge is 0.493 e. The molecule has 0 aromatic heterocycles. The van der Waals surface area contributed by atoms with Gasteiger partial charge in [0.1, 0.15) is 11.5 Å². The molecule has 0 aliphatic carbocycles. The van der Waals surface area contributed by atoms with Crippen molar-refractivity contribution in [3.8, 4) is 11.5 Å². The maximum Gasteiger partial charge on any atom is 0.260 e. The Kier molecular flexibility index (Phi) is 7.51.